The number of rotatable bonds is 6. The molecule has 1 aliphatic rings. The van der Waals surface area contributed by atoms with E-state index in [0.717, 1.165) is 30.4 Å². The van der Waals surface area contributed by atoms with Gasteiger partial charge in [-0.1, -0.05) is 45.4 Å². The molecule has 1 amide bonds. The first-order valence-electron chi connectivity index (χ1n) is 10.9. The minimum absolute atomic E-state index is 0.200. The zero-order valence-electron chi connectivity index (χ0n) is 19.3. The number of fused-ring (bicyclic) bond motifs is 1. The molecule has 0 fully saturated rings. The minimum atomic E-state index is -0.644. The van der Waals surface area contributed by atoms with E-state index in [1.807, 2.05) is 38.1 Å². The fraction of sp³-hybridized carbons (Fsp3) is 0.520. The molecule has 2 unspecified atom stereocenters. The van der Waals surface area contributed by atoms with Crippen LogP contribution in [0.4, 0.5) is 5.00 Å². The molecule has 1 aromatic heterocycles. The summed E-state index contributed by atoms with van der Waals surface area (Å²) >= 11 is 1.50. The maximum absolute atomic E-state index is 13.0. The Morgan fingerprint density at radius 2 is 1.90 bits per heavy atom. The highest BCUT2D eigenvalue weighted by molar-refractivity contribution is 7.17. The highest BCUT2D eigenvalue weighted by Gasteiger charge is 2.35. The second-order valence-corrected chi connectivity index (χ2v) is 10.4. The number of carbonyl (C=O) groups is 2. The maximum atomic E-state index is 13.0. The molecule has 0 saturated heterocycles. The molecule has 0 bridgehead atoms. The number of esters is 1. The van der Waals surface area contributed by atoms with Gasteiger partial charge in [-0.2, -0.15) is 0 Å². The molecule has 6 heteroatoms. The van der Waals surface area contributed by atoms with Crippen molar-refractivity contribution >= 4 is 28.2 Å². The van der Waals surface area contributed by atoms with Gasteiger partial charge in [0.2, 0.25) is 0 Å². The van der Waals surface area contributed by atoms with E-state index in [-0.39, 0.29) is 11.3 Å². The lowest BCUT2D eigenvalue weighted by molar-refractivity contribution is -0.122. The highest BCUT2D eigenvalue weighted by Crippen LogP contribution is 2.44. The molecule has 31 heavy (non-hydrogen) atoms. The summed E-state index contributed by atoms with van der Waals surface area (Å²) in [5.74, 6) is 0.550. The van der Waals surface area contributed by atoms with Crippen molar-refractivity contribution in [2.45, 2.75) is 66.4 Å². The fourth-order valence-electron chi connectivity index (χ4n) is 4.03. The van der Waals surface area contributed by atoms with E-state index in [4.69, 9.17) is 9.47 Å². The molecule has 1 aliphatic carbocycles. The quantitative estimate of drug-likeness (QED) is 0.574. The lowest BCUT2D eigenvalue weighted by Gasteiger charge is -2.33. The Kier molecular flexibility index (Phi) is 7.10. The van der Waals surface area contributed by atoms with Gasteiger partial charge < -0.3 is 14.8 Å². The van der Waals surface area contributed by atoms with Gasteiger partial charge in [-0.3, -0.25) is 4.79 Å². The number of nitrogens with one attached hydrogen (secondary N) is 1. The van der Waals surface area contributed by atoms with Crippen molar-refractivity contribution in [2.75, 3.05) is 12.4 Å². The van der Waals surface area contributed by atoms with Crippen LogP contribution < -0.4 is 10.1 Å². The van der Waals surface area contributed by atoms with Crippen LogP contribution in [0.5, 0.6) is 5.75 Å². The van der Waals surface area contributed by atoms with Crippen molar-refractivity contribution in [3.8, 4) is 5.75 Å². The van der Waals surface area contributed by atoms with E-state index < -0.39 is 12.1 Å². The van der Waals surface area contributed by atoms with Crippen LogP contribution >= 0.6 is 11.3 Å². The molecule has 0 saturated carbocycles. The van der Waals surface area contributed by atoms with Gasteiger partial charge in [-0.15, -0.1) is 11.3 Å². The van der Waals surface area contributed by atoms with Gasteiger partial charge in [-0.05, 0) is 61.6 Å². The Morgan fingerprint density at radius 1 is 1.23 bits per heavy atom. The van der Waals surface area contributed by atoms with Crippen molar-refractivity contribution in [1.29, 1.82) is 0 Å². The van der Waals surface area contributed by atoms with E-state index in [0.29, 0.717) is 28.7 Å². The van der Waals surface area contributed by atoms with Crippen molar-refractivity contribution in [3.63, 3.8) is 0 Å². The van der Waals surface area contributed by atoms with Gasteiger partial charge >= 0.3 is 5.97 Å². The summed E-state index contributed by atoms with van der Waals surface area (Å²) in [5.41, 5.74) is 2.87. The summed E-state index contributed by atoms with van der Waals surface area (Å²) in [6, 6.07) is 7.63. The van der Waals surface area contributed by atoms with Gasteiger partial charge in [-0.25, -0.2) is 4.79 Å². The second-order valence-electron chi connectivity index (χ2n) is 9.32. The van der Waals surface area contributed by atoms with E-state index in [2.05, 4.69) is 26.1 Å². The third-order valence-corrected chi connectivity index (χ3v) is 7.25. The number of methoxy groups -OCH3 is 1. The Morgan fingerprint density at radius 3 is 2.48 bits per heavy atom. The highest BCUT2D eigenvalue weighted by atomic mass is 32.1. The van der Waals surface area contributed by atoms with E-state index in [1.54, 1.807) is 0 Å². The number of thiophene rings is 1. The van der Waals surface area contributed by atoms with Crippen molar-refractivity contribution in [3.05, 3.63) is 45.8 Å². The summed E-state index contributed by atoms with van der Waals surface area (Å²) in [6.45, 7) is 10.7. The molecule has 168 valence electrons. The summed E-state index contributed by atoms with van der Waals surface area (Å²) in [7, 11) is 1.38. The Balaban J connectivity index is 1.84. The average Bonchev–Trinajstić information content (AvgIpc) is 3.08. The largest absolute Gasteiger partial charge is 0.481 e. The average molecular weight is 444 g/mol. The molecule has 1 N–H and O–H groups in total. The monoisotopic (exact) mass is 443 g/mol. The van der Waals surface area contributed by atoms with Crippen LogP contribution in [0.2, 0.25) is 0 Å². The number of carbonyl (C=O) groups excluding carboxylic acids is 2. The lowest BCUT2D eigenvalue weighted by Crippen LogP contribution is -2.32. The summed E-state index contributed by atoms with van der Waals surface area (Å²) in [6.07, 6.45) is 2.64. The van der Waals surface area contributed by atoms with Gasteiger partial charge in [0.05, 0.1) is 12.7 Å². The fourth-order valence-corrected chi connectivity index (χ4v) is 5.35. The van der Waals surface area contributed by atoms with Crippen LogP contribution in [0, 0.1) is 18.3 Å². The van der Waals surface area contributed by atoms with Crippen molar-refractivity contribution < 1.29 is 19.1 Å². The van der Waals surface area contributed by atoms with Crippen LogP contribution in [0.15, 0.2) is 24.3 Å². The molecule has 5 nitrogen and oxygen atoms in total. The third-order valence-electron chi connectivity index (χ3n) is 6.08. The standard InChI is InChI=1S/C25H33NO4S/c1-7-19(30-17-11-8-15(2)9-12-17)22(27)26-23-21(24(28)29-6)18-13-10-16(25(3,4)5)14-20(18)31-23/h8-9,11-12,16,19H,7,10,13-14H2,1-6H3,(H,26,27). The summed E-state index contributed by atoms with van der Waals surface area (Å²) in [5, 5.41) is 3.54. The number of hydrogen-bond acceptors (Lipinski definition) is 5. The topological polar surface area (TPSA) is 64.6 Å². The van der Waals surface area contributed by atoms with E-state index >= 15 is 0 Å². The molecule has 2 atom stereocenters. The zero-order valence-corrected chi connectivity index (χ0v) is 20.2. The number of hydrogen-bond donors (Lipinski definition) is 1. The number of benzene rings is 1. The van der Waals surface area contributed by atoms with Gasteiger partial charge in [0.15, 0.2) is 6.10 Å². The molecule has 3 rings (SSSR count). The minimum Gasteiger partial charge on any atom is -0.481 e. The number of anilines is 1. The van der Waals surface area contributed by atoms with E-state index in [9.17, 15) is 9.59 Å². The number of ether oxygens (including phenoxy) is 2. The third kappa shape index (κ3) is 5.29. The Bertz CT molecular complexity index is 940. The maximum Gasteiger partial charge on any atom is 0.341 e. The van der Waals surface area contributed by atoms with Gasteiger partial charge in [0.25, 0.3) is 5.91 Å². The molecular weight excluding hydrogens is 410 g/mol. The molecule has 0 spiro atoms. The molecule has 0 radical (unpaired) electrons. The molecule has 0 aliphatic heterocycles. The van der Waals surface area contributed by atoms with Crippen LogP contribution in [-0.4, -0.2) is 25.1 Å². The SMILES string of the molecule is CCC(Oc1ccc(C)cc1)C(=O)Nc1sc2c(c1C(=O)OC)CCC(C(C)(C)C)C2. The second kappa shape index (κ2) is 9.43. The predicted octanol–water partition coefficient (Wildman–Crippen LogP) is 5.79. The predicted molar refractivity (Wildman–Crippen MR) is 125 cm³/mol. The lowest BCUT2D eigenvalue weighted by atomic mass is 9.72. The zero-order chi connectivity index (χ0) is 22.8. The van der Waals surface area contributed by atoms with Crippen LogP contribution in [-0.2, 0) is 22.4 Å². The normalized spacial score (nSPS) is 16.9. The van der Waals surface area contributed by atoms with Crippen molar-refractivity contribution in [2.24, 2.45) is 11.3 Å². The van der Waals surface area contributed by atoms with Crippen LogP contribution in [0.3, 0.4) is 0 Å². The van der Waals surface area contributed by atoms with Crippen LogP contribution in [0.25, 0.3) is 0 Å². The van der Waals surface area contributed by atoms with Crippen molar-refractivity contribution in [1.82, 2.24) is 0 Å². The molecular formula is C25H33NO4S. The summed E-state index contributed by atoms with van der Waals surface area (Å²) in [4.78, 5) is 26.8. The summed E-state index contributed by atoms with van der Waals surface area (Å²) < 4.78 is 11.0. The van der Waals surface area contributed by atoms with Crippen LogP contribution in [0.1, 0.15) is 66.9 Å². The molecule has 1 heterocycles. The number of amides is 1. The van der Waals surface area contributed by atoms with E-state index in [1.165, 1.54) is 23.3 Å². The molecule has 1 aromatic carbocycles. The van der Waals surface area contributed by atoms with Gasteiger partial charge in [0.1, 0.15) is 10.8 Å². The first-order valence-corrected chi connectivity index (χ1v) is 11.7. The Hall–Kier alpha value is -2.34. The Labute approximate surface area is 189 Å². The van der Waals surface area contributed by atoms with Gasteiger partial charge in [0, 0.05) is 4.88 Å². The molecule has 2 aromatic rings. The first kappa shape index (κ1) is 23.3. The number of aryl methyl sites for hydroxylation is 1. The first-order chi connectivity index (χ1) is 14.6. The smallest absolute Gasteiger partial charge is 0.341 e.